The van der Waals surface area contributed by atoms with Gasteiger partial charge in [0, 0.05) is 25.7 Å². The van der Waals surface area contributed by atoms with Crippen molar-refractivity contribution in [3.05, 3.63) is 23.3 Å². The maximum Gasteiger partial charge on any atom is 0.246 e. The van der Waals surface area contributed by atoms with Crippen molar-refractivity contribution in [1.82, 2.24) is 9.80 Å². The minimum atomic E-state index is 0.144. The predicted octanol–water partition coefficient (Wildman–Crippen LogP) is 2.06. The summed E-state index contributed by atoms with van der Waals surface area (Å²) in [5.74, 6) is 0.144. The highest BCUT2D eigenvalue weighted by Gasteiger charge is 2.17. The smallest absolute Gasteiger partial charge is 0.246 e. The Hall–Kier alpha value is -1.09. The van der Waals surface area contributed by atoms with Crippen LogP contribution in [0, 0.1) is 0 Å². The topological polar surface area (TPSA) is 23.6 Å². The summed E-state index contributed by atoms with van der Waals surface area (Å²) < 4.78 is 0. The Bertz CT molecular complexity index is 325. The molecule has 0 aromatic heterocycles. The molecule has 1 saturated heterocycles. The lowest BCUT2D eigenvalue weighted by Crippen LogP contribution is -2.36. The van der Waals surface area contributed by atoms with Crippen LogP contribution < -0.4 is 0 Å². The van der Waals surface area contributed by atoms with Gasteiger partial charge in [0.1, 0.15) is 0 Å². The molecule has 3 nitrogen and oxygen atoms in total. The lowest BCUT2D eigenvalue weighted by Gasteiger charge is -2.28. The quantitative estimate of drug-likeness (QED) is 0.553. The van der Waals surface area contributed by atoms with E-state index in [0.29, 0.717) is 0 Å². The normalized spacial score (nSPS) is 17.0. The predicted molar refractivity (Wildman–Crippen MR) is 71.9 cm³/mol. The first kappa shape index (κ1) is 14.0. The molecule has 96 valence electrons. The van der Waals surface area contributed by atoms with Crippen LogP contribution in [0.3, 0.4) is 0 Å². The van der Waals surface area contributed by atoms with E-state index in [2.05, 4.69) is 13.8 Å². The molecule has 0 unspecified atom stereocenters. The van der Waals surface area contributed by atoms with E-state index in [-0.39, 0.29) is 5.91 Å². The van der Waals surface area contributed by atoms with Crippen molar-refractivity contribution < 1.29 is 4.79 Å². The van der Waals surface area contributed by atoms with Gasteiger partial charge in [-0.15, -0.1) is 0 Å². The van der Waals surface area contributed by atoms with Gasteiger partial charge in [-0.1, -0.05) is 17.2 Å². The van der Waals surface area contributed by atoms with Crippen LogP contribution in [-0.4, -0.2) is 49.4 Å². The number of hydrogen-bond acceptors (Lipinski definition) is 2. The fraction of sp³-hybridized carbons (Fsp3) is 0.643. The molecule has 0 radical (unpaired) electrons. The zero-order chi connectivity index (χ0) is 12.8. The SMILES string of the molecule is CC(C)=C1CCCN(C(=O)/C=C/CN(C)C)C1. The van der Waals surface area contributed by atoms with Crippen LogP contribution in [-0.2, 0) is 4.79 Å². The molecular formula is C14H24N2O. The highest BCUT2D eigenvalue weighted by atomic mass is 16.2. The Kier molecular flexibility index (Phi) is 5.42. The molecule has 0 atom stereocenters. The Morgan fingerprint density at radius 2 is 2.12 bits per heavy atom. The number of allylic oxidation sites excluding steroid dienone is 1. The van der Waals surface area contributed by atoms with Crippen molar-refractivity contribution in [1.29, 1.82) is 0 Å². The van der Waals surface area contributed by atoms with Gasteiger partial charge in [-0.05, 0) is 40.8 Å². The van der Waals surface area contributed by atoms with Crippen LogP contribution in [0.25, 0.3) is 0 Å². The van der Waals surface area contributed by atoms with Crippen molar-refractivity contribution in [2.45, 2.75) is 26.7 Å². The fourth-order valence-electron chi connectivity index (χ4n) is 1.94. The van der Waals surface area contributed by atoms with Crippen LogP contribution in [0.15, 0.2) is 23.3 Å². The van der Waals surface area contributed by atoms with Gasteiger partial charge in [-0.2, -0.15) is 0 Å². The number of amides is 1. The second kappa shape index (κ2) is 6.60. The van der Waals surface area contributed by atoms with Crippen LogP contribution >= 0.6 is 0 Å². The average molecular weight is 236 g/mol. The standard InChI is InChI=1S/C14H24N2O/c1-12(2)13-7-5-10-16(11-13)14(17)8-6-9-15(3)4/h6,8H,5,7,9-11H2,1-4H3/b8-6+. The molecule has 1 rings (SSSR count). The maximum atomic E-state index is 11.9. The second-order valence-corrected chi connectivity index (χ2v) is 5.13. The summed E-state index contributed by atoms with van der Waals surface area (Å²) in [5.41, 5.74) is 2.78. The number of carbonyl (C=O) groups is 1. The van der Waals surface area contributed by atoms with Crippen LogP contribution in [0.2, 0.25) is 0 Å². The Morgan fingerprint density at radius 3 is 2.71 bits per heavy atom. The van der Waals surface area contributed by atoms with Crippen LogP contribution in [0.1, 0.15) is 26.7 Å². The number of likely N-dealkylation sites (tertiary alicyclic amines) is 1. The minimum absolute atomic E-state index is 0.144. The molecule has 1 heterocycles. The molecule has 17 heavy (non-hydrogen) atoms. The summed E-state index contributed by atoms with van der Waals surface area (Å²) >= 11 is 0. The summed E-state index contributed by atoms with van der Waals surface area (Å²) in [6.45, 7) is 6.78. The Balaban J connectivity index is 2.52. The van der Waals surface area contributed by atoms with E-state index < -0.39 is 0 Å². The lowest BCUT2D eigenvalue weighted by atomic mass is 10.0. The van der Waals surface area contributed by atoms with Gasteiger partial charge < -0.3 is 9.80 Å². The molecule has 1 amide bonds. The van der Waals surface area contributed by atoms with Crippen molar-refractivity contribution in [3.63, 3.8) is 0 Å². The minimum Gasteiger partial charge on any atom is -0.335 e. The molecule has 0 aromatic rings. The molecule has 1 aliphatic rings. The number of likely N-dealkylation sites (N-methyl/N-ethyl adjacent to an activating group) is 1. The van der Waals surface area contributed by atoms with Gasteiger partial charge in [0.25, 0.3) is 0 Å². The fourth-order valence-corrected chi connectivity index (χ4v) is 1.94. The number of rotatable bonds is 3. The monoisotopic (exact) mass is 236 g/mol. The molecule has 1 fully saturated rings. The molecule has 0 N–H and O–H groups in total. The molecule has 1 aliphatic heterocycles. The Labute approximate surface area is 105 Å². The zero-order valence-corrected chi connectivity index (χ0v) is 11.5. The highest BCUT2D eigenvalue weighted by Crippen LogP contribution is 2.18. The van der Waals surface area contributed by atoms with E-state index in [4.69, 9.17) is 0 Å². The number of hydrogen-bond donors (Lipinski definition) is 0. The van der Waals surface area contributed by atoms with E-state index in [1.807, 2.05) is 30.0 Å². The summed E-state index contributed by atoms with van der Waals surface area (Å²) in [6.07, 6.45) is 5.87. The molecular weight excluding hydrogens is 212 g/mol. The lowest BCUT2D eigenvalue weighted by molar-refractivity contribution is -0.126. The summed E-state index contributed by atoms with van der Waals surface area (Å²) in [6, 6.07) is 0. The third kappa shape index (κ3) is 4.73. The van der Waals surface area contributed by atoms with E-state index in [1.54, 1.807) is 6.08 Å². The third-order valence-electron chi connectivity index (χ3n) is 3.04. The van der Waals surface area contributed by atoms with Gasteiger partial charge in [0.2, 0.25) is 5.91 Å². The number of carbonyl (C=O) groups excluding carboxylic acids is 1. The van der Waals surface area contributed by atoms with Crippen LogP contribution in [0.5, 0.6) is 0 Å². The van der Waals surface area contributed by atoms with Gasteiger partial charge in [0.05, 0.1) is 0 Å². The molecule has 3 heteroatoms. The average Bonchev–Trinajstić information content (AvgIpc) is 2.28. The third-order valence-corrected chi connectivity index (χ3v) is 3.04. The number of piperidine rings is 1. The molecule has 0 aliphatic carbocycles. The van der Waals surface area contributed by atoms with E-state index >= 15 is 0 Å². The van der Waals surface area contributed by atoms with E-state index in [1.165, 1.54) is 11.1 Å². The van der Waals surface area contributed by atoms with Gasteiger partial charge in [-0.3, -0.25) is 4.79 Å². The first-order valence-corrected chi connectivity index (χ1v) is 6.26. The maximum absolute atomic E-state index is 11.9. The van der Waals surface area contributed by atoms with Gasteiger partial charge in [0.15, 0.2) is 0 Å². The molecule has 0 bridgehead atoms. The highest BCUT2D eigenvalue weighted by molar-refractivity contribution is 5.87. The van der Waals surface area contributed by atoms with Gasteiger partial charge >= 0.3 is 0 Å². The van der Waals surface area contributed by atoms with Crippen molar-refractivity contribution in [3.8, 4) is 0 Å². The first-order valence-electron chi connectivity index (χ1n) is 6.26. The molecule has 0 spiro atoms. The van der Waals surface area contributed by atoms with Crippen molar-refractivity contribution in [2.75, 3.05) is 33.7 Å². The summed E-state index contributed by atoms with van der Waals surface area (Å²) in [5, 5.41) is 0. The number of nitrogens with zero attached hydrogens (tertiary/aromatic N) is 2. The second-order valence-electron chi connectivity index (χ2n) is 5.13. The summed E-state index contributed by atoms with van der Waals surface area (Å²) in [7, 11) is 3.99. The van der Waals surface area contributed by atoms with E-state index in [9.17, 15) is 4.79 Å². The summed E-state index contributed by atoms with van der Waals surface area (Å²) in [4.78, 5) is 15.9. The Morgan fingerprint density at radius 1 is 1.41 bits per heavy atom. The zero-order valence-electron chi connectivity index (χ0n) is 11.5. The largest absolute Gasteiger partial charge is 0.335 e. The van der Waals surface area contributed by atoms with Crippen LogP contribution in [0.4, 0.5) is 0 Å². The molecule has 0 saturated carbocycles. The first-order chi connectivity index (χ1) is 8.00. The van der Waals surface area contributed by atoms with E-state index in [0.717, 1.165) is 32.5 Å². The van der Waals surface area contributed by atoms with Crippen molar-refractivity contribution >= 4 is 5.91 Å². The molecule has 0 aromatic carbocycles. The van der Waals surface area contributed by atoms with Gasteiger partial charge in [-0.25, -0.2) is 0 Å². The van der Waals surface area contributed by atoms with Crippen molar-refractivity contribution in [2.24, 2.45) is 0 Å².